The number of nitrogens with zero attached hydrogens (tertiary/aromatic N) is 1. The van der Waals surface area contributed by atoms with Gasteiger partial charge >= 0.3 is 5.97 Å². The first-order valence-electron chi connectivity index (χ1n) is 5.96. The van der Waals surface area contributed by atoms with E-state index in [0.29, 0.717) is 37.7 Å². The normalized spacial score (nSPS) is 18.5. The average molecular weight is 270 g/mol. The number of rotatable bonds is 4. The molecule has 4 nitrogen and oxygen atoms in total. The molecule has 1 heterocycles. The van der Waals surface area contributed by atoms with Gasteiger partial charge in [-0.05, 0) is 24.1 Å². The van der Waals surface area contributed by atoms with Gasteiger partial charge in [-0.3, -0.25) is 9.69 Å². The predicted octanol–water partition coefficient (Wildman–Crippen LogP) is 1.67. The first-order chi connectivity index (χ1) is 8.66. The Kier molecular flexibility index (Phi) is 4.58. The molecule has 0 saturated carbocycles. The minimum Gasteiger partial charge on any atom is -0.480 e. The molecule has 0 amide bonds. The molecule has 1 atom stereocenters. The molecule has 1 aliphatic rings. The highest BCUT2D eigenvalue weighted by molar-refractivity contribution is 6.30. The van der Waals surface area contributed by atoms with Gasteiger partial charge < -0.3 is 9.84 Å². The molecule has 2 rings (SSSR count). The summed E-state index contributed by atoms with van der Waals surface area (Å²) in [5.41, 5.74) is 0.946. The van der Waals surface area contributed by atoms with E-state index < -0.39 is 12.0 Å². The summed E-state index contributed by atoms with van der Waals surface area (Å²) < 4.78 is 5.24. The van der Waals surface area contributed by atoms with Gasteiger partial charge in [-0.1, -0.05) is 23.7 Å². The smallest absolute Gasteiger partial charge is 0.321 e. The molecule has 1 aliphatic heterocycles. The Labute approximate surface area is 111 Å². The molecule has 0 aliphatic carbocycles. The van der Waals surface area contributed by atoms with Crippen LogP contribution in [0.25, 0.3) is 0 Å². The van der Waals surface area contributed by atoms with Crippen molar-refractivity contribution in [1.82, 2.24) is 4.90 Å². The number of hydrogen-bond donors (Lipinski definition) is 1. The number of ether oxygens (including phenoxy) is 1. The van der Waals surface area contributed by atoms with E-state index in [1.54, 1.807) is 6.07 Å². The SMILES string of the molecule is O=C(O)C(Cc1cccc(Cl)c1)N1CCOCC1. The van der Waals surface area contributed by atoms with Crippen LogP contribution in [0.3, 0.4) is 0 Å². The molecule has 18 heavy (non-hydrogen) atoms. The summed E-state index contributed by atoms with van der Waals surface area (Å²) in [6.45, 7) is 2.52. The lowest BCUT2D eigenvalue weighted by atomic mass is 10.0. The van der Waals surface area contributed by atoms with E-state index in [1.165, 1.54) is 0 Å². The van der Waals surface area contributed by atoms with Crippen molar-refractivity contribution in [1.29, 1.82) is 0 Å². The van der Waals surface area contributed by atoms with Crippen molar-refractivity contribution < 1.29 is 14.6 Å². The highest BCUT2D eigenvalue weighted by atomic mass is 35.5. The number of hydrogen-bond acceptors (Lipinski definition) is 3. The van der Waals surface area contributed by atoms with E-state index in [2.05, 4.69) is 0 Å². The zero-order chi connectivity index (χ0) is 13.0. The number of carboxylic acids is 1. The van der Waals surface area contributed by atoms with E-state index in [0.717, 1.165) is 5.56 Å². The van der Waals surface area contributed by atoms with Crippen LogP contribution in [0.1, 0.15) is 5.56 Å². The van der Waals surface area contributed by atoms with Crippen LogP contribution < -0.4 is 0 Å². The van der Waals surface area contributed by atoms with Crippen molar-refractivity contribution in [3.63, 3.8) is 0 Å². The topological polar surface area (TPSA) is 49.8 Å². The molecule has 1 saturated heterocycles. The van der Waals surface area contributed by atoms with E-state index in [4.69, 9.17) is 16.3 Å². The summed E-state index contributed by atoms with van der Waals surface area (Å²) in [7, 11) is 0. The third-order valence-corrected chi connectivity index (χ3v) is 3.32. The van der Waals surface area contributed by atoms with Gasteiger partial charge in [-0.15, -0.1) is 0 Å². The van der Waals surface area contributed by atoms with Crippen LogP contribution in [-0.2, 0) is 16.0 Å². The summed E-state index contributed by atoms with van der Waals surface area (Å²) in [6, 6.07) is 6.85. The van der Waals surface area contributed by atoms with Crippen molar-refractivity contribution in [2.45, 2.75) is 12.5 Å². The van der Waals surface area contributed by atoms with Crippen molar-refractivity contribution in [3.8, 4) is 0 Å². The number of carboxylic acid groups (broad SMARTS) is 1. The van der Waals surface area contributed by atoms with Crippen LogP contribution >= 0.6 is 11.6 Å². The van der Waals surface area contributed by atoms with Gasteiger partial charge in [0.25, 0.3) is 0 Å². The number of aliphatic carboxylic acids is 1. The Hall–Kier alpha value is -1.10. The molecule has 1 N–H and O–H groups in total. The molecule has 1 unspecified atom stereocenters. The number of morpholine rings is 1. The molecule has 5 heteroatoms. The van der Waals surface area contributed by atoms with Crippen LogP contribution in [0.15, 0.2) is 24.3 Å². The second-order valence-electron chi connectivity index (χ2n) is 4.34. The highest BCUT2D eigenvalue weighted by Crippen LogP contribution is 2.15. The van der Waals surface area contributed by atoms with Crippen molar-refractivity contribution >= 4 is 17.6 Å². The molecule has 98 valence electrons. The minimum atomic E-state index is -0.795. The Morgan fingerprint density at radius 3 is 2.78 bits per heavy atom. The molecule has 0 spiro atoms. The molecule has 0 radical (unpaired) electrons. The Bertz CT molecular complexity index is 418. The standard InChI is InChI=1S/C13H16ClNO3/c14-11-3-1-2-10(8-11)9-12(13(16)17)15-4-6-18-7-5-15/h1-3,8,12H,4-7,9H2,(H,16,17). The summed E-state index contributed by atoms with van der Waals surface area (Å²) in [4.78, 5) is 13.3. The van der Waals surface area contributed by atoms with Crippen LogP contribution in [0.2, 0.25) is 5.02 Å². The highest BCUT2D eigenvalue weighted by Gasteiger charge is 2.27. The van der Waals surface area contributed by atoms with E-state index in [-0.39, 0.29) is 0 Å². The molecular weight excluding hydrogens is 254 g/mol. The average Bonchev–Trinajstić information content (AvgIpc) is 2.37. The van der Waals surface area contributed by atoms with Gasteiger partial charge in [0.1, 0.15) is 6.04 Å². The summed E-state index contributed by atoms with van der Waals surface area (Å²) in [6.07, 6.45) is 0.468. The second kappa shape index (κ2) is 6.18. The second-order valence-corrected chi connectivity index (χ2v) is 4.77. The number of benzene rings is 1. The fraction of sp³-hybridized carbons (Fsp3) is 0.462. The van der Waals surface area contributed by atoms with E-state index in [9.17, 15) is 9.90 Å². The molecule has 1 aromatic rings. The lowest BCUT2D eigenvalue weighted by Crippen LogP contribution is -2.48. The third-order valence-electron chi connectivity index (χ3n) is 3.09. The fourth-order valence-electron chi connectivity index (χ4n) is 2.15. The number of halogens is 1. The summed E-state index contributed by atoms with van der Waals surface area (Å²) in [5.74, 6) is -0.795. The Morgan fingerprint density at radius 2 is 2.17 bits per heavy atom. The first kappa shape index (κ1) is 13.3. The molecule has 0 bridgehead atoms. The predicted molar refractivity (Wildman–Crippen MR) is 69.0 cm³/mol. The van der Waals surface area contributed by atoms with Gasteiger partial charge in [-0.2, -0.15) is 0 Å². The van der Waals surface area contributed by atoms with Crippen LogP contribution in [-0.4, -0.2) is 48.3 Å². The van der Waals surface area contributed by atoms with Gasteiger partial charge in [0.05, 0.1) is 13.2 Å². The quantitative estimate of drug-likeness (QED) is 0.903. The lowest BCUT2D eigenvalue weighted by Gasteiger charge is -2.32. The fourth-order valence-corrected chi connectivity index (χ4v) is 2.36. The molecular formula is C13H16ClNO3. The van der Waals surface area contributed by atoms with E-state index >= 15 is 0 Å². The van der Waals surface area contributed by atoms with Crippen LogP contribution in [0.5, 0.6) is 0 Å². The minimum absolute atomic E-state index is 0.468. The maximum absolute atomic E-state index is 11.4. The largest absolute Gasteiger partial charge is 0.480 e. The maximum atomic E-state index is 11.4. The van der Waals surface area contributed by atoms with Gasteiger partial charge in [0.15, 0.2) is 0 Å². The molecule has 1 fully saturated rings. The monoisotopic (exact) mass is 269 g/mol. The van der Waals surface area contributed by atoms with Crippen LogP contribution in [0, 0.1) is 0 Å². The zero-order valence-electron chi connectivity index (χ0n) is 10.0. The van der Waals surface area contributed by atoms with Gasteiger partial charge in [0, 0.05) is 18.1 Å². The van der Waals surface area contributed by atoms with Gasteiger partial charge in [0.2, 0.25) is 0 Å². The van der Waals surface area contributed by atoms with Gasteiger partial charge in [-0.25, -0.2) is 0 Å². The zero-order valence-corrected chi connectivity index (χ0v) is 10.8. The van der Waals surface area contributed by atoms with Crippen molar-refractivity contribution in [2.75, 3.05) is 26.3 Å². The lowest BCUT2D eigenvalue weighted by molar-refractivity contribution is -0.145. The first-order valence-corrected chi connectivity index (χ1v) is 6.33. The number of carbonyl (C=O) groups is 1. The summed E-state index contributed by atoms with van der Waals surface area (Å²) >= 11 is 5.91. The van der Waals surface area contributed by atoms with Crippen LogP contribution in [0.4, 0.5) is 0 Å². The third kappa shape index (κ3) is 3.45. The Balaban J connectivity index is 2.08. The van der Waals surface area contributed by atoms with E-state index in [1.807, 2.05) is 23.1 Å². The molecule has 0 aromatic heterocycles. The maximum Gasteiger partial charge on any atom is 0.321 e. The van der Waals surface area contributed by atoms with Crippen molar-refractivity contribution in [3.05, 3.63) is 34.9 Å². The summed E-state index contributed by atoms with van der Waals surface area (Å²) in [5, 5.41) is 9.98. The molecule has 1 aromatic carbocycles. The van der Waals surface area contributed by atoms with Crippen molar-refractivity contribution in [2.24, 2.45) is 0 Å². The Morgan fingerprint density at radius 1 is 1.44 bits per heavy atom.